The van der Waals surface area contributed by atoms with Crippen LogP contribution in [-0.4, -0.2) is 18.0 Å². The van der Waals surface area contributed by atoms with Crippen LogP contribution in [0.15, 0.2) is 47.1 Å². The second-order valence-electron chi connectivity index (χ2n) is 6.45. The molecule has 152 valence electrons. The number of carbonyl (C=O) groups is 1. The van der Waals surface area contributed by atoms with Gasteiger partial charge in [0.2, 0.25) is 0 Å². The molecular formula is C20H31Cl2N3O2. The van der Waals surface area contributed by atoms with Crippen LogP contribution in [0.25, 0.3) is 0 Å². The van der Waals surface area contributed by atoms with Crippen molar-refractivity contribution in [3.8, 4) is 0 Å². The fourth-order valence-electron chi connectivity index (χ4n) is 3.00. The van der Waals surface area contributed by atoms with Gasteiger partial charge in [-0.2, -0.15) is 0 Å². The van der Waals surface area contributed by atoms with Crippen LogP contribution in [0.1, 0.15) is 61.3 Å². The molecule has 7 heteroatoms. The molecule has 27 heavy (non-hydrogen) atoms. The number of benzene rings is 1. The van der Waals surface area contributed by atoms with Crippen molar-refractivity contribution in [2.75, 3.05) is 6.54 Å². The van der Waals surface area contributed by atoms with E-state index in [1.807, 2.05) is 18.2 Å². The Bertz CT molecular complexity index is 673. The lowest BCUT2D eigenvalue weighted by atomic mass is 9.90. The van der Waals surface area contributed by atoms with E-state index in [0.29, 0.717) is 17.9 Å². The molecule has 1 aromatic heterocycles. The van der Waals surface area contributed by atoms with Crippen LogP contribution in [0.2, 0.25) is 0 Å². The summed E-state index contributed by atoms with van der Waals surface area (Å²) in [5.41, 5.74) is 7.11. The van der Waals surface area contributed by atoms with Gasteiger partial charge >= 0.3 is 0 Å². The highest BCUT2D eigenvalue weighted by Gasteiger charge is 2.29. The predicted molar refractivity (Wildman–Crippen MR) is 115 cm³/mol. The Morgan fingerprint density at radius 1 is 1.19 bits per heavy atom. The lowest BCUT2D eigenvalue weighted by Crippen LogP contribution is -2.53. The molecule has 1 heterocycles. The number of rotatable bonds is 9. The number of nitrogens with one attached hydrogen (secondary N) is 2. The zero-order chi connectivity index (χ0) is 18.3. The van der Waals surface area contributed by atoms with Gasteiger partial charge in [-0.15, -0.1) is 24.8 Å². The number of carbonyl (C=O) groups excluding carboxylic acids is 1. The highest BCUT2D eigenvalue weighted by Crippen LogP contribution is 2.21. The summed E-state index contributed by atoms with van der Waals surface area (Å²) in [4.78, 5) is 12.4. The Labute approximate surface area is 174 Å². The first-order valence-corrected chi connectivity index (χ1v) is 8.92. The fourth-order valence-corrected chi connectivity index (χ4v) is 3.00. The van der Waals surface area contributed by atoms with Crippen molar-refractivity contribution in [3.63, 3.8) is 0 Å². The summed E-state index contributed by atoms with van der Waals surface area (Å²) in [6.45, 7) is 7.28. The lowest BCUT2D eigenvalue weighted by molar-refractivity contribution is 0.0933. The number of nitrogens with two attached hydrogens (primary N) is 1. The van der Waals surface area contributed by atoms with Gasteiger partial charge in [-0.1, -0.05) is 44.2 Å². The van der Waals surface area contributed by atoms with Crippen molar-refractivity contribution in [2.24, 2.45) is 5.73 Å². The minimum atomic E-state index is -0.161. The third kappa shape index (κ3) is 6.85. The van der Waals surface area contributed by atoms with Crippen molar-refractivity contribution in [1.82, 2.24) is 10.6 Å². The maximum Gasteiger partial charge on any atom is 0.254 e. The normalized spacial score (nSPS) is 11.9. The van der Waals surface area contributed by atoms with Gasteiger partial charge in [0.15, 0.2) is 0 Å². The van der Waals surface area contributed by atoms with E-state index >= 15 is 0 Å². The van der Waals surface area contributed by atoms with E-state index in [0.717, 1.165) is 12.8 Å². The molecular weight excluding hydrogens is 385 g/mol. The van der Waals surface area contributed by atoms with Crippen molar-refractivity contribution in [3.05, 3.63) is 59.5 Å². The second-order valence-corrected chi connectivity index (χ2v) is 6.45. The first kappa shape index (κ1) is 25.5. The quantitative estimate of drug-likeness (QED) is 0.572. The largest absolute Gasteiger partial charge is 0.467 e. The Hall–Kier alpha value is -1.53. The van der Waals surface area contributed by atoms with Gasteiger partial charge < -0.3 is 20.8 Å². The van der Waals surface area contributed by atoms with Crippen molar-refractivity contribution in [1.29, 1.82) is 0 Å². The molecule has 0 aliphatic carbocycles. The molecule has 0 aliphatic rings. The molecule has 0 bridgehead atoms. The molecule has 0 spiro atoms. The molecule has 1 unspecified atom stereocenters. The van der Waals surface area contributed by atoms with Gasteiger partial charge in [-0.05, 0) is 31.4 Å². The van der Waals surface area contributed by atoms with E-state index < -0.39 is 0 Å². The van der Waals surface area contributed by atoms with Gasteiger partial charge in [0, 0.05) is 18.1 Å². The number of furan rings is 1. The molecule has 4 N–H and O–H groups in total. The Balaban J connectivity index is 0.00000338. The standard InChI is InChI=1S/C20H29N3O2.2ClH/c1-4-20(5-2,23-15(3)16-9-7-6-8-10-16)14-22-19(24)17-11-18(12-21)25-13-17;;/h6-11,13,15,23H,4-5,12,14,21H2,1-3H3,(H,22,24);2*1H. The van der Waals surface area contributed by atoms with Crippen molar-refractivity contribution in [2.45, 2.75) is 51.7 Å². The molecule has 2 aromatic rings. The third-order valence-corrected chi connectivity index (χ3v) is 4.88. The second kappa shape index (κ2) is 12.0. The van der Waals surface area contributed by atoms with Gasteiger partial charge in [-0.25, -0.2) is 0 Å². The van der Waals surface area contributed by atoms with E-state index in [9.17, 15) is 4.79 Å². The molecule has 5 nitrogen and oxygen atoms in total. The van der Waals surface area contributed by atoms with Crippen LogP contribution >= 0.6 is 24.8 Å². The smallest absolute Gasteiger partial charge is 0.254 e. The molecule has 0 saturated carbocycles. The van der Waals surface area contributed by atoms with E-state index in [-0.39, 0.29) is 48.8 Å². The fraction of sp³-hybridized carbons (Fsp3) is 0.450. The molecule has 0 fully saturated rings. The van der Waals surface area contributed by atoms with Crippen LogP contribution in [0.5, 0.6) is 0 Å². The van der Waals surface area contributed by atoms with Crippen LogP contribution in [0.3, 0.4) is 0 Å². The number of hydrogen-bond donors (Lipinski definition) is 3. The maximum absolute atomic E-state index is 12.4. The average molecular weight is 416 g/mol. The average Bonchev–Trinajstić information content (AvgIpc) is 3.15. The molecule has 2 rings (SSSR count). The minimum Gasteiger partial charge on any atom is -0.467 e. The summed E-state index contributed by atoms with van der Waals surface area (Å²) >= 11 is 0. The van der Waals surface area contributed by atoms with E-state index in [2.05, 4.69) is 43.5 Å². The molecule has 0 saturated heterocycles. The van der Waals surface area contributed by atoms with Crippen molar-refractivity contribution >= 4 is 30.7 Å². The lowest BCUT2D eigenvalue weighted by Gasteiger charge is -2.36. The summed E-state index contributed by atoms with van der Waals surface area (Å²) < 4.78 is 5.24. The van der Waals surface area contributed by atoms with E-state index in [1.165, 1.54) is 11.8 Å². The summed E-state index contributed by atoms with van der Waals surface area (Å²) in [7, 11) is 0. The molecule has 1 atom stereocenters. The summed E-state index contributed by atoms with van der Waals surface area (Å²) in [5.74, 6) is 0.474. The summed E-state index contributed by atoms with van der Waals surface area (Å²) in [6, 6.07) is 12.2. The Kier molecular flexibility index (Phi) is 11.4. The Morgan fingerprint density at radius 3 is 2.33 bits per heavy atom. The van der Waals surface area contributed by atoms with Crippen LogP contribution in [0, 0.1) is 0 Å². The molecule has 0 radical (unpaired) electrons. The number of hydrogen-bond acceptors (Lipinski definition) is 4. The zero-order valence-corrected chi connectivity index (χ0v) is 17.8. The zero-order valence-electron chi connectivity index (χ0n) is 16.2. The minimum absolute atomic E-state index is 0. The highest BCUT2D eigenvalue weighted by molar-refractivity contribution is 5.94. The SMILES string of the molecule is CCC(CC)(CNC(=O)c1coc(CN)c1)NC(C)c1ccccc1.Cl.Cl. The molecule has 0 aliphatic heterocycles. The topological polar surface area (TPSA) is 80.3 Å². The van der Waals surface area contributed by atoms with Gasteiger partial charge in [0.25, 0.3) is 5.91 Å². The summed E-state index contributed by atoms with van der Waals surface area (Å²) in [6.07, 6.45) is 3.29. The number of amides is 1. The van der Waals surface area contributed by atoms with Gasteiger partial charge in [-0.3, -0.25) is 4.79 Å². The van der Waals surface area contributed by atoms with Crippen LogP contribution < -0.4 is 16.4 Å². The monoisotopic (exact) mass is 415 g/mol. The van der Waals surface area contributed by atoms with Gasteiger partial charge in [0.05, 0.1) is 12.1 Å². The first-order valence-electron chi connectivity index (χ1n) is 8.92. The first-order chi connectivity index (χ1) is 12.0. The van der Waals surface area contributed by atoms with E-state index in [1.54, 1.807) is 6.07 Å². The van der Waals surface area contributed by atoms with E-state index in [4.69, 9.17) is 10.2 Å². The maximum atomic E-state index is 12.4. The van der Waals surface area contributed by atoms with Crippen LogP contribution in [0.4, 0.5) is 0 Å². The highest BCUT2D eigenvalue weighted by atomic mass is 35.5. The third-order valence-electron chi connectivity index (χ3n) is 4.88. The van der Waals surface area contributed by atoms with Crippen LogP contribution in [-0.2, 0) is 6.54 Å². The molecule has 1 amide bonds. The summed E-state index contributed by atoms with van der Waals surface area (Å²) in [5, 5.41) is 6.74. The molecule has 1 aromatic carbocycles. The van der Waals surface area contributed by atoms with Gasteiger partial charge in [0.1, 0.15) is 12.0 Å². The van der Waals surface area contributed by atoms with Crippen molar-refractivity contribution < 1.29 is 9.21 Å². The number of halogens is 2. The Morgan fingerprint density at radius 2 is 1.81 bits per heavy atom. The predicted octanol–water partition coefficient (Wildman–Crippen LogP) is 4.22.